The second kappa shape index (κ2) is 4.64. The van der Waals surface area contributed by atoms with Crippen LogP contribution in [0.25, 0.3) is 0 Å². The van der Waals surface area contributed by atoms with Crippen LogP contribution in [0.1, 0.15) is 12.8 Å². The molecule has 1 heterocycles. The Bertz CT molecular complexity index is 423. The topological polar surface area (TPSA) is 62.3 Å². The second-order valence-corrected chi connectivity index (χ2v) is 4.49. The SMILES string of the molecule is COc1ccc(N2CCCC(N)(C#N)C2)cc1. The van der Waals surface area contributed by atoms with Crippen molar-refractivity contribution in [2.75, 3.05) is 25.1 Å². The molecule has 1 saturated heterocycles. The molecular weight excluding hydrogens is 214 g/mol. The lowest BCUT2D eigenvalue weighted by atomic mass is 9.91. The summed E-state index contributed by atoms with van der Waals surface area (Å²) < 4.78 is 5.12. The number of nitriles is 1. The molecule has 1 aliphatic rings. The molecule has 17 heavy (non-hydrogen) atoms. The molecule has 1 unspecified atom stereocenters. The van der Waals surface area contributed by atoms with Crippen molar-refractivity contribution < 1.29 is 4.74 Å². The summed E-state index contributed by atoms with van der Waals surface area (Å²) in [6.45, 7) is 1.54. The Kier molecular flexibility index (Phi) is 3.21. The summed E-state index contributed by atoms with van der Waals surface area (Å²) in [5.74, 6) is 0.838. The zero-order valence-electron chi connectivity index (χ0n) is 10.0. The van der Waals surface area contributed by atoms with Crippen LogP contribution in [0.3, 0.4) is 0 Å². The van der Waals surface area contributed by atoms with Gasteiger partial charge < -0.3 is 15.4 Å². The molecule has 2 rings (SSSR count). The molecule has 0 spiro atoms. The van der Waals surface area contributed by atoms with Gasteiger partial charge in [0.15, 0.2) is 0 Å². The normalized spacial score (nSPS) is 24.2. The first kappa shape index (κ1) is 11.7. The summed E-state index contributed by atoms with van der Waals surface area (Å²) in [5.41, 5.74) is 6.40. The third kappa shape index (κ3) is 2.51. The molecule has 0 bridgehead atoms. The lowest BCUT2D eigenvalue weighted by Crippen LogP contribution is -2.53. The van der Waals surface area contributed by atoms with Gasteiger partial charge in [0, 0.05) is 18.8 Å². The molecule has 0 aliphatic carbocycles. The Balaban J connectivity index is 2.14. The molecule has 0 amide bonds. The number of ether oxygens (including phenoxy) is 1. The molecule has 90 valence electrons. The van der Waals surface area contributed by atoms with Crippen molar-refractivity contribution in [1.29, 1.82) is 5.26 Å². The van der Waals surface area contributed by atoms with E-state index in [-0.39, 0.29) is 0 Å². The average Bonchev–Trinajstić information content (AvgIpc) is 2.39. The Morgan fingerprint density at radius 2 is 2.12 bits per heavy atom. The second-order valence-electron chi connectivity index (χ2n) is 4.49. The van der Waals surface area contributed by atoms with E-state index in [2.05, 4.69) is 11.0 Å². The van der Waals surface area contributed by atoms with Crippen molar-refractivity contribution in [3.8, 4) is 11.8 Å². The van der Waals surface area contributed by atoms with Gasteiger partial charge in [-0.3, -0.25) is 0 Å². The largest absolute Gasteiger partial charge is 0.497 e. The Morgan fingerprint density at radius 3 is 2.71 bits per heavy atom. The van der Waals surface area contributed by atoms with Crippen LogP contribution in [-0.4, -0.2) is 25.7 Å². The minimum Gasteiger partial charge on any atom is -0.497 e. The van der Waals surface area contributed by atoms with E-state index in [1.165, 1.54) is 0 Å². The molecule has 1 aromatic carbocycles. The van der Waals surface area contributed by atoms with E-state index in [0.717, 1.165) is 30.8 Å². The quantitative estimate of drug-likeness (QED) is 0.838. The van der Waals surface area contributed by atoms with Crippen molar-refractivity contribution >= 4 is 5.69 Å². The van der Waals surface area contributed by atoms with Crippen LogP contribution in [-0.2, 0) is 0 Å². The van der Waals surface area contributed by atoms with Gasteiger partial charge in [-0.25, -0.2) is 0 Å². The van der Waals surface area contributed by atoms with Crippen molar-refractivity contribution in [3.63, 3.8) is 0 Å². The number of nitrogens with two attached hydrogens (primary N) is 1. The van der Waals surface area contributed by atoms with Gasteiger partial charge in [0.05, 0.1) is 13.2 Å². The number of methoxy groups -OCH3 is 1. The van der Waals surface area contributed by atoms with Crippen LogP contribution in [0, 0.1) is 11.3 Å². The van der Waals surface area contributed by atoms with Crippen LogP contribution < -0.4 is 15.4 Å². The number of nitrogens with zero attached hydrogens (tertiary/aromatic N) is 2. The maximum atomic E-state index is 9.08. The van der Waals surface area contributed by atoms with Gasteiger partial charge in [-0.1, -0.05) is 0 Å². The highest BCUT2D eigenvalue weighted by Crippen LogP contribution is 2.25. The van der Waals surface area contributed by atoms with Gasteiger partial charge in [-0.2, -0.15) is 5.26 Å². The lowest BCUT2D eigenvalue weighted by molar-refractivity contribution is 0.413. The van der Waals surface area contributed by atoms with Gasteiger partial charge in [0.2, 0.25) is 0 Å². The summed E-state index contributed by atoms with van der Waals surface area (Å²) in [6.07, 6.45) is 1.73. The van der Waals surface area contributed by atoms with E-state index in [1.807, 2.05) is 24.3 Å². The summed E-state index contributed by atoms with van der Waals surface area (Å²) in [5, 5.41) is 9.08. The Labute approximate surface area is 102 Å². The maximum Gasteiger partial charge on any atom is 0.121 e. The summed E-state index contributed by atoms with van der Waals surface area (Å²) in [4.78, 5) is 2.16. The number of anilines is 1. The average molecular weight is 231 g/mol. The molecular formula is C13H17N3O. The van der Waals surface area contributed by atoms with Gasteiger partial charge in [0.25, 0.3) is 0 Å². The molecule has 2 N–H and O–H groups in total. The monoisotopic (exact) mass is 231 g/mol. The fraction of sp³-hybridized carbons (Fsp3) is 0.462. The predicted octanol–water partition coefficient (Wildman–Crippen LogP) is 1.52. The van der Waals surface area contributed by atoms with Crippen LogP contribution >= 0.6 is 0 Å². The molecule has 0 aromatic heterocycles. The first-order valence-corrected chi connectivity index (χ1v) is 5.76. The molecule has 1 aromatic rings. The van der Waals surface area contributed by atoms with Crippen LogP contribution in [0.15, 0.2) is 24.3 Å². The zero-order chi connectivity index (χ0) is 12.3. The highest BCUT2D eigenvalue weighted by Gasteiger charge is 2.31. The first-order chi connectivity index (χ1) is 8.17. The van der Waals surface area contributed by atoms with E-state index in [1.54, 1.807) is 7.11 Å². The molecule has 0 saturated carbocycles. The highest BCUT2D eigenvalue weighted by molar-refractivity contribution is 5.50. The summed E-state index contributed by atoms with van der Waals surface area (Å²) >= 11 is 0. The standard InChI is InChI=1S/C13H17N3O/c1-17-12-5-3-11(4-6-12)16-8-2-7-13(15,9-14)10-16/h3-6H,2,7-8,10,15H2,1H3. The number of piperidine rings is 1. The third-order valence-electron chi connectivity index (χ3n) is 3.18. The Morgan fingerprint density at radius 1 is 1.41 bits per heavy atom. The van der Waals surface area contributed by atoms with Gasteiger partial charge >= 0.3 is 0 Å². The van der Waals surface area contributed by atoms with Crippen LogP contribution in [0.5, 0.6) is 5.75 Å². The zero-order valence-corrected chi connectivity index (χ0v) is 10.0. The minimum atomic E-state index is -0.710. The fourth-order valence-electron chi connectivity index (χ4n) is 2.19. The van der Waals surface area contributed by atoms with Crippen LogP contribution in [0.2, 0.25) is 0 Å². The predicted molar refractivity (Wildman–Crippen MR) is 67.0 cm³/mol. The number of hydrogen-bond acceptors (Lipinski definition) is 4. The summed E-state index contributed by atoms with van der Waals surface area (Å²) in [7, 11) is 1.65. The lowest BCUT2D eigenvalue weighted by Gasteiger charge is -2.37. The van der Waals surface area contributed by atoms with Crippen molar-refractivity contribution in [2.24, 2.45) is 5.73 Å². The Hall–Kier alpha value is -1.73. The van der Waals surface area contributed by atoms with Crippen molar-refractivity contribution in [1.82, 2.24) is 0 Å². The molecule has 1 fully saturated rings. The molecule has 4 heteroatoms. The number of benzene rings is 1. The number of hydrogen-bond donors (Lipinski definition) is 1. The first-order valence-electron chi connectivity index (χ1n) is 5.76. The van der Waals surface area contributed by atoms with E-state index < -0.39 is 5.54 Å². The van der Waals surface area contributed by atoms with E-state index in [4.69, 9.17) is 15.7 Å². The van der Waals surface area contributed by atoms with E-state index >= 15 is 0 Å². The van der Waals surface area contributed by atoms with Crippen molar-refractivity contribution in [3.05, 3.63) is 24.3 Å². The fourth-order valence-corrected chi connectivity index (χ4v) is 2.19. The van der Waals surface area contributed by atoms with Crippen LogP contribution in [0.4, 0.5) is 5.69 Å². The molecule has 1 aliphatic heterocycles. The van der Waals surface area contributed by atoms with Gasteiger partial charge in [-0.05, 0) is 37.1 Å². The minimum absolute atomic E-state index is 0.593. The smallest absolute Gasteiger partial charge is 0.121 e. The molecule has 4 nitrogen and oxygen atoms in total. The van der Waals surface area contributed by atoms with Gasteiger partial charge in [-0.15, -0.1) is 0 Å². The number of rotatable bonds is 2. The third-order valence-corrected chi connectivity index (χ3v) is 3.18. The molecule has 1 atom stereocenters. The molecule has 0 radical (unpaired) electrons. The highest BCUT2D eigenvalue weighted by atomic mass is 16.5. The maximum absolute atomic E-state index is 9.08. The van der Waals surface area contributed by atoms with Crippen molar-refractivity contribution in [2.45, 2.75) is 18.4 Å². The van der Waals surface area contributed by atoms with E-state index in [9.17, 15) is 0 Å². The van der Waals surface area contributed by atoms with Gasteiger partial charge in [0.1, 0.15) is 11.3 Å². The van der Waals surface area contributed by atoms with E-state index in [0.29, 0.717) is 6.54 Å². The summed E-state index contributed by atoms with van der Waals surface area (Å²) in [6, 6.07) is 10.1.